The maximum atomic E-state index is 11.6. The molecule has 2 heterocycles. The number of amides is 1. The van der Waals surface area contributed by atoms with Gasteiger partial charge in [0.25, 0.3) is 5.91 Å². The van der Waals surface area contributed by atoms with Gasteiger partial charge in [0.05, 0.1) is 0 Å². The van der Waals surface area contributed by atoms with Crippen LogP contribution in [0.15, 0.2) is 29.8 Å². The summed E-state index contributed by atoms with van der Waals surface area (Å²) >= 11 is 1.26. The number of nitrogens with zero attached hydrogens (tertiary/aromatic N) is 2. The van der Waals surface area contributed by atoms with E-state index in [-0.39, 0.29) is 5.91 Å². The molecule has 2 aromatic rings. The van der Waals surface area contributed by atoms with Crippen molar-refractivity contribution in [3.63, 3.8) is 0 Å². The molecule has 0 saturated carbocycles. The van der Waals surface area contributed by atoms with Gasteiger partial charge in [-0.25, -0.2) is 4.98 Å². The SMILES string of the molecule is Nc1nc(C(=O)NCCc2ccccn2)cs1. The van der Waals surface area contributed by atoms with Crippen LogP contribution in [0.1, 0.15) is 16.2 Å². The van der Waals surface area contributed by atoms with Crippen LogP contribution in [0.25, 0.3) is 0 Å². The second-order valence-corrected chi connectivity index (χ2v) is 4.29. The van der Waals surface area contributed by atoms with Gasteiger partial charge in [0.2, 0.25) is 0 Å². The number of hydrogen-bond acceptors (Lipinski definition) is 5. The maximum Gasteiger partial charge on any atom is 0.270 e. The van der Waals surface area contributed by atoms with Crippen molar-refractivity contribution in [2.75, 3.05) is 12.3 Å². The largest absolute Gasteiger partial charge is 0.375 e. The third kappa shape index (κ3) is 3.25. The molecule has 0 fully saturated rings. The first-order valence-electron chi connectivity index (χ1n) is 5.15. The number of aromatic nitrogens is 2. The van der Waals surface area contributed by atoms with Crippen molar-refractivity contribution in [3.8, 4) is 0 Å². The highest BCUT2D eigenvalue weighted by Gasteiger charge is 2.08. The van der Waals surface area contributed by atoms with Crippen molar-refractivity contribution < 1.29 is 4.79 Å². The molecular weight excluding hydrogens is 236 g/mol. The average Bonchev–Trinajstić information content (AvgIpc) is 2.77. The monoisotopic (exact) mass is 248 g/mol. The summed E-state index contributed by atoms with van der Waals surface area (Å²) in [5.74, 6) is -0.200. The lowest BCUT2D eigenvalue weighted by Gasteiger charge is -2.02. The molecule has 0 aliphatic heterocycles. The second kappa shape index (κ2) is 5.40. The van der Waals surface area contributed by atoms with E-state index in [4.69, 9.17) is 5.73 Å². The minimum atomic E-state index is -0.200. The molecule has 0 unspecified atom stereocenters. The quantitative estimate of drug-likeness (QED) is 0.848. The van der Waals surface area contributed by atoms with Crippen molar-refractivity contribution in [1.29, 1.82) is 0 Å². The molecule has 0 spiro atoms. The number of thiazole rings is 1. The first-order valence-corrected chi connectivity index (χ1v) is 6.03. The number of rotatable bonds is 4. The summed E-state index contributed by atoms with van der Waals surface area (Å²) < 4.78 is 0. The standard InChI is InChI=1S/C11H12N4OS/c12-11-15-9(7-17-11)10(16)14-6-4-8-3-1-2-5-13-8/h1-3,5,7H,4,6H2,(H2,12,15)(H,14,16). The molecule has 3 N–H and O–H groups in total. The molecule has 0 aliphatic carbocycles. The van der Waals surface area contributed by atoms with Crippen molar-refractivity contribution in [2.45, 2.75) is 6.42 Å². The number of nitrogen functional groups attached to an aromatic ring is 1. The highest BCUT2D eigenvalue weighted by atomic mass is 32.1. The van der Waals surface area contributed by atoms with E-state index < -0.39 is 0 Å². The molecule has 0 bridgehead atoms. The first kappa shape index (κ1) is 11.5. The van der Waals surface area contributed by atoms with Gasteiger partial charge in [-0.2, -0.15) is 0 Å². The summed E-state index contributed by atoms with van der Waals surface area (Å²) in [7, 11) is 0. The van der Waals surface area contributed by atoms with E-state index >= 15 is 0 Å². The van der Waals surface area contributed by atoms with E-state index in [1.807, 2.05) is 18.2 Å². The zero-order valence-corrected chi connectivity index (χ0v) is 9.91. The molecule has 0 atom stereocenters. The van der Waals surface area contributed by atoms with Gasteiger partial charge in [0.1, 0.15) is 5.69 Å². The highest BCUT2D eigenvalue weighted by Crippen LogP contribution is 2.10. The Bertz CT molecular complexity index is 497. The van der Waals surface area contributed by atoms with Crippen LogP contribution in [0.4, 0.5) is 5.13 Å². The van der Waals surface area contributed by atoms with Gasteiger partial charge >= 0.3 is 0 Å². The molecule has 6 heteroatoms. The zero-order valence-electron chi connectivity index (χ0n) is 9.09. The van der Waals surface area contributed by atoms with E-state index in [2.05, 4.69) is 15.3 Å². The summed E-state index contributed by atoms with van der Waals surface area (Å²) in [6, 6.07) is 5.71. The minimum Gasteiger partial charge on any atom is -0.375 e. The Hall–Kier alpha value is -1.95. The van der Waals surface area contributed by atoms with Gasteiger partial charge in [0, 0.05) is 30.2 Å². The van der Waals surface area contributed by atoms with Crippen molar-refractivity contribution in [3.05, 3.63) is 41.2 Å². The van der Waals surface area contributed by atoms with Crippen molar-refractivity contribution >= 4 is 22.4 Å². The van der Waals surface area contributed by atoms with Crippen LogP contribution in [0.3, 0.4) is 0 Å². The Labute approximate surface area is 103 Å². The van der Waals surface area contributed by atoms with Crippen LogP contribution in [0.2, 0.25) is 0 Å². The first-order chi connectivity index (χ1) is 8.25. The Balaban J connectivity index is 1.81. The molecule has 2 rings (SSSR count). The smallest absolute Gasteiger partial charge is 0.270 e. The van der Waals surface area contributed by atoms with Crippen molar-refractivity contribution in [2.24, 2.45) is 0 Å². The lowest BCUT2D eigenvalue weighted by Crippen LogP contribution is -2.26. The number of nitrogens with one attached hydrogen (secondary N) is 1. The van der Waals surface area contributed by atoms with Crippen LogP contribution >= 0.6 is 11.3 Å². The fourth-order valence-corrected chi connectivity index (χ4v) is 1.88. The van der Waals surface area contributed by atoms with Gasteiger partial charge in [-0.05, 0) is 12.1 Å². The molecule has 0 aliphatic rings. The molecule has 1 amide bonds. The summed E-state index contributed by atoms with van der Waals surface area (Å²) in [6.07, 6.45) is 2.44. The van der Waals surface area contributed by atoms with Gasteiger partial charge in [-0.15, -0.1) is 11.3 Å². The minimum absolute atomic E-state index is 0.200. The molecular formula is C11H12N4OS. The van der Waals surface area contributed by atoms with Gasteiger partial charge in [-0.1, -0.05) is 6.07 Å². The Morgan fingerprint density at radius 3 is 3.00 bits per heavy atom. The molecule has 2 aromatic heterocycles. The molecule has 5 nitrogen and oxygen atoms in total. The van der Waals surface area contributed by atoms with E-state index in [9.17, 15) is 4.79 Å². The molecule has 17 heavy (non-hydrogen) atoms. The summed E-state index contributed by atoms with van der Waals surface area (Å²) in [4.78, 5) is 19.7. The number of carbonyl (C=O) groups is 1. The molecule has 88 valence electrons. The highest BCUT2D eigenvalue weighted by molar-refractivity contribution is 7.13. The van der Waals surface area contributed by atoms with Gasteiger partial charge in [0.15, 0.2) is 5.13 Å². The molecule has 0 aromatic carbocycles. The summed E-state index contributed by atoms with van der Waals surface area (Å²) in [5, 5.41) is 4.82. The van der Waals surface area contributed by atoms with Gasteiger partial charge < -0.3 is 11.1 Å². The number of pyridine rings is 1. The predicted molar refractivity (Wildman–Crippen MR) is 66.8 cm³/mol. The van der Waals surface area contributed by atoms with E-state index in [0.29, 0.717) is 23.8 Å². The lowest BCUT2D eigenvalue weighted by molar-refractivity contribution is 0.0950. The number of anilines is 1. The summed E-state index contributed by atoms with van der Waals surface area (Å²) in [6.45, 7) is 0.535. The predicted octanol–water partition coefficient (Wildman–Crippen LogP) is 1.09. The van der Waals surface area contributed by atoms with Crippen LogP contribution < -0.4 is 11.1 Å². The normalized spacial score (nSPS) is 10.1. The molecule has 0 saturated heterocycles. The average molecular weight is 248 g/mol. The lowest BCUT2D eigenvalue weighted by atomic mass is 10.2. The summed E-state index contributed by atoms with van der Waals surface area (Å²) in [5.41, 5.74) is 6.77. The maximum absolute atomic E-state index is 11.6. The zero-order chi connectivity index (χ0) is 12.1. The van der Waals surface area contributed by atoms with Crippen LogP contribution in [-0.2, 0) is 6.42 Å². The van der Waals surface area contributed by atoms with Gasteiger partial charge in [-0.3, -0.25) is 9.78 Å². The van der Waals surface area contributed by atoms with Crippen LogP contribution in [-0.4, -0.2) is 22.4 Å². The van der Waals surface area contributed by atoms with E-state index in [1.54, 1.807) is 11.6 Å². The third-order valence-electron chi connectivity index (χ3n) is 2.15. The Morgan fingerprint density at radius 2 is 2.35 bits per heavy atom. The Kier molecular flexibility index (Phi) is 3.66. The van der Waals surface area contributed by atoms with Crippen LogP contribution in [0, 0.1) is 0 Å². The van der Waals surface area contributed by atoms with E-state index in [1.165, 1.54) is 11.3 Å². The fraction of sp³-hybridized carbons (Fsp3) is 0.182. The number of nitrogens with two attached hydrogens (primary N) is 1. The third-order valence-corrected chi connectivity index (χ3v) is 2.82. The fourth-order valence-electron chi connectivity index (χ4n) is 1.33. The van der Waals surface area contributed by atoms with E-state index in [0.717, 1.165) is 5.69 Å². The Morgan fingerprint density at radius 1 is 1.47 bits per heavy atom. The number of carbonyl (C=O) groups excluding carboxylic acids is 1. The molecule has 0 radical (unpaired) electrons. The second-order valence-electron chi connectivity index (χ2n) is 3.40. The van der Waals surface area contributed by atoms with Crippen LogP contribution in [0.5, 0.6) is 0 Å². The number of hydrogen-bond donors (Lipinski definition) is 2. The topological polar surface area (TPSA) is 80.9 Å². The van der Waals surface area contributed by atoms with Crippen molar-refractivity contribution in [1.82, 2.24) is 15.3 Å².